The summed E-state index contributed by atoms with van der Waals surface area (Å²) in [7, 11) is 0. The molecule has 1 N–H and O–H groups in total. The third-order valence-corrected chi connectivity index (χ3v) is 3.15. The molecular weight excluding hydrogens is 228 g/mol. The average Bonchev–Trinajstić information content (AvgIpc) is 3.18. The first-order chi connectivity index (χ1) is 8.66. The fourth-order valence-corrected chi connectivity index (χ4v) is 2.07. The van der Waals surface area contributed by atoms with Gasteiger partial charge in [0.05, 0.1) is 6.10 Å². The number of carbonyl (C=O) groups is 1. The topological polar surface area (TPSA) is 53.4 Å². The lowest BCUT2D eigenvalue weighted by atomic mass is 10.1. The van der Waals surface area contributed by atoms with E-state index in [0.29, 0.717) is 19.0 Å². The fraction of sp³-hybridized carbons (Fsp3) is 0.571. The van der Waals surface area contributed by atoms with Crippen molar-refractivity contribution in [2.24, 2.45) is 0 Å². The molecule has 98 valence electrons. The van der Waals surface area contributed by atoms with E-state index in [1.54, 1.807) is 19.3 Å². The Balaban J connectivity index is 1.85. The van der Waals surface area contributed by atoms with Gasteiger partial charge < -0.3 is 10.0 Å². The zero-order chi connectivity index (χ0) is 13.0. The van der Waals surface area contributed by atoms with Crippen molar-refractivity contribution in [3.63, 3.8) is 0 Å². The highest BCUT2D eigenvalue weighted by atomic mass is 16.3. The Morgan fingerprint density at radius 1 is 1.50 bits per heavy atom. The summed E-state index contributed by atoms with van der Waals surface area (Å²) in [4.78, 5) is 17.9. The standard InChI is InChI=1S/C14H20N2O2/c1-11(17)10-16(13-3-4-13)14(18)5-2-12-6-8-15-9-7-12/h6-9,11,13,17H,2-5,10H2,1H3/t11-/m0/s1. The van der Waals surface area contributed by atoms with E-state index in [9.17, 15) is 9.90 Å². The van der Waals surface area contributed by atoms with Crippen molar-refractivity contribution in [1.82, 2.24) is 9.88 Å². The van der Waals surface area contributed by atoms with Gasteiger partial charge in [-0.2, -0.15) is 0 Å². The Kier molecular flexibility index (Phi) is 4.31. The number of nitrogens with zero attached hydrogens (tertiary/aromatic N) is 2. The van der Waals surface area contributed by atoms with Crippen molar-refractivity contribution in [2.45, 2.75) is 44.8 Å². The van der Waals surface area contributed by atoms with Gasteiger partial charge in [0.15, 0.2) is 0 Å². The molecule has 1 aliphatic rings. The second-order valence-electron chi connectivity index (χ2n) is 4.98. The second kappa shape index (κ2) is 5.96. The van der Waals surface area contributed by atoms with Gasteiger partial charge in [0.1, 0.15) is 0 Å². The zero-order valence-electron chi connectivity index (χ0n) is 10.7. The molecule has 0 radical (unpaired) electrons. The lowest BCUT2D eigenvalue weighted by molar-refractivity contribution is -0.133. The number of rotatable bonds is 6. The van der Waals surface area contributed by atoms with Gasteiger partial charge in [-0.05, 0) is 43.9 Å². The molecule has 1 amide bonds. The van der Waals surface area contributed by atoms with E-state index in [4.69, 9.17) is 0 Å². The number of aliphatic hydroxyl groups is 1. The Morgan fingerprint density at radius 3 is 2.72 bits per heavy atom. The minimum Gasteiger partial charge on any atom is -0.392 e. The van der Waals surface area contributed by atoms with Gasteiger partial charge in [-0.1, -0.05) is 0 Å². The molecule has 0 aromatic carbocycles. The molecule has 0 bridgehead atoms. The molecule has 2 rings (SSSR count). The van der Waals surface area contributed by atoms with E-state index >= 15 is 0 Å². The van der Waals surface area contributed by atoms with Gasteiger partial charge in [-0.3, -0.25) is 9.78 Å². The van der Waals surface area contributed by atoms with Crippen LogP contribution in [0, 0.1) is 0 Å². The van der Waals surface area contributed by atoms with Crippen molar-refractivity contribution >= 4 is 5.91 Å². The number of amides is 1. The summed E-state index contributed by atoms with van der Waals surface area (Å²) < 4.78 is 0. The summed E-state index contributed by atoms with van der Waals surface area (Å²) in [5.41, 5.74) is 1.13. The lowest BCUT2D eigenvalue weighted by Gasteiger charge is -2.23. The zero-order valence-corrected chi connectivity index (χ0v) is 10.7. The third kappa shape index (κ3) is 3.81. The smallest absolute Gasteiger partial charge is 0.223 e. The highest BCUT2D eigenvalue weighted by molar-refractivity contribution is 5.77. The van der Waals surface area contributed by atoms with E-state index < -0.39 is 6.10 Å². The van der Waals surface area contributed by atoms with Crippen LogP contribution in [0.1, 0.15) is 31.7 Å². The summed E-state index contributed by atoms with van der Waals surface area (Å²) in [6.45, 7) is 2.19. The van der Waals surface area contributed by atoms with Crippen LogP contribution in [0.5, 0.6) is 0 Å². The van der Waals surface area contributed by atoms with Gasteiger partial charge in [-0.25, -0.2) is 0 Å². The van der Waals surface area contributed by atoms with Gasteiger partial charge in [-0.15, -0.1) is 0 Å². The first kappa shape index (κ1) is 13.0. The van der Waals surface area contributed by atoms with Crippen molar-refractivity contribution < 1.29 is 9.90 Å². The van der Waals surface area contributed by atoms with Crippen LogP contribution in [0.3, 0.4) is 0 Å². The molecule has 1 atom stereocenters. The van der Waals surface area contributed by atoms with Crippen molar-refractivity contribution in [1.29, 1.82) is 0 Å². The van der Waals surface area contributed by atoms with Crippen LogP contribution in [0.15, 0.2) is 24.5 Å². The first-order valence-corrected chi connectivity index (χ1v) is 6.53. The number of carbonyl (C=O) groups excluding carboxylic acids is 1. The maximum atomic E-state index is 12.1. The minimum absolute atomic E-state index is 0.148. The highest BCUT2D eigenvalue weighted by Crippen LogP contribution is 2.27. The summed E-state index contributed by atoms with van der Waals surface area (Å²) >= 11 is 0. The Bertz CT molecular complexity index is 388. The normalized spacial score (nSPS) is 16.3. The lowest BCUT2D eigenvalue weighted by Crippen LogP contribution is -2.38. The van der Waals surface area contributed by atoms with E-state index in [1.807, 2.05) is 17.0 Å². The molecule has 1 heterocycles. The fourth-order valence-electron chi connectivity index (χ4n) is 2.07. The quantitative estimate of drug-likeness (QED) is 0.827. The minimum atomic E-state index is -0.449. The molecule has 0 unspecified atom stereocenters. The Hall–Kier alpha value is -1.42. The molecule has 4 heteroatoms. The molecule has 1 fully saturated rings. The molecule has 0 aliphatic heterocycles. The second-order valence-corrected chi connectivity index (χ2v) is 4.98. The van der Waals surface area contributed by atoms with Crippen LogP contribution >= 0.6 is 0 Å². The van der Waals surface area contributed by atoms with Crippen LogP contribution < -0.4 is 0 Å². The number of hydrogen-bond acceptors (Lipinski definition) is 3. The van der Waals surface area contributed by atoms with E-state index in [0.717, 1.165) is 24.8 Å². The number of hydrogen-bond donors (Lipinski definition) is 1. The number of aliphatic hydroxyl groups excluding tert-OH is 1. The van der Waals surface area contributed by atoms with Crippen LogP contribution in [-0.4, -0.2) is 39.6 Å². The summed E-state index contributed by atoms with van der Waals surface area (Å²) in [5, 5.41) is 9.43. The molecule has 4 nitrogen and oxygen atoms in total. The molecule has 18 heavy (non-hydrogen) atoms. The van der Waals surface area contributed by atoms with Gasteiger partial charge in [0, 0.05) is 31.4 Å². The molecule has 1 saturated carbocycles. The average molecular weight is 248 g/mol. The maximum Gasteiger partial charge on any atom is 0.223 e. The summed E-state index contributed by atoms with van der Waals surface area (Å²) in [6, 6.07) is 4.23. The number of aryl methyl sites for hydroxylation is 1. The van der Waals surface area contributed by atoms with E-state index in [2.05, 4.69) is 4.98 Å². The van der Waals surface area contributed by atoms with Gasteiger partial charge >= 0.3 is 0 Å². The SMILES string of the molecule is C[C@H](O)CN(C(=O)CCc1ccncc1)C1CC1. The molecule has 1 aromatic heterocycles. The molecule has 0 saturated heterocycles. The Labute approximate surface area is 108 Å². The summed E-state index contributed by atoms with van der Waals surface area (Å²) in [6.07, 6.45) is 6.44. The van der Waals surface area contributed by atoms with E-state index in [1.165, 1.54) is 0 Å². The van der Waals surface area contributed by atoms with E-state index in [-0.39, 0.29) is 5.91 Å². The molecular formula is C14H20N2O2. The van der Waals surface area contributed by atoms with Crippen LogP contribution in [0.4, 0.5) is 0 Å². The van der Waals surface area contributed by atoms with Crippen LogP contribution in [0.25, 0.3) is 0 Å². The number of pyridine rings is 1. The van der Waals surface area contributed by atoms with Crippen molar-refractivity contribution in [3.8, 4) is 0 Å². The molecule has 1 aromatic rings. The predicted molar refractivity (Wildman–Crippen MR) is 69.0 cm³/mol. The largest absolute Gasteiger partial charge is 0.392 e. The van der Waals surface area contributed by atoms with Crippen molar-refractivity contribution in [2.75, 3.05) is 6.54 Å². The Morgan fingerprint density at radius 2 is 2.17 bits per heavy atom. The van der Waals surface area contributed by atoms with Crippen LogP contribution in [0.2, 0.25) is 0 Å². The first-order valence-electron chi connectivity index (χ1n) is 6.53. The number of aromatic nitrogens is 1. The predicted octanol–water partition coefficient (Wildman–Crippen LogP) is 1.39. The highest BCUT2D eigenvalue weighted by Gasteiger charge is 2.32. The maximum absolute atomic E-state index is 12.1. The van der Waals surface area contributed by atoms with Gasteiger partial charge in [0.25, 0.3) is 0 Å². The molecule has 1 aliphatic carbocycles. The van der Waals surface area contributed by atoms with Crippen molar-refractivity contribution in [3.05, 3.63) is 30.1 Å². The third-order valence-electron chi connectivity index (χ3n) is 3.15. The van der Waals surface area contributed by atoms with Gasteiger partial charge in [0.2, 0.25) is 5.91 Å². The summed E-state index contributed by atoms with van der Waals surface area (Å²) in [5.74, 6) is 0.148. The monoisotopic (exact) mass is 248 g/mol. The van der Waals surface area contributed by atoms with Crippen LogP contribution in [-0.2, 0) is 11.2 Å². The molecule has 0 spiro atoms.